The van der Waals surface area contributed by atoms with Gasteiger partial charge in [-0.25, -0.2) is 0 Å². The van der Waals surface area contributed by atoms with Crippen molar-refractivity contribution in [2.75, 3.05) is 13.1 Å². The number of hydrogen-bond donors (Lipinski definition) is 0. The molecule has 1 aliphatic heterocycles. The number of nitrogens with zero attached hydrogens (tertiary/aromatic N) is 1. The molecule has 0 radical (unpaired) electrons. The molecule has 1 heterocycles. The lowest BCUT2D eigenvalue weighted by atomic mass is 9.95. The molecule has 3 heteroatoms. The summed E-state index contributed by atoms with van der Waals surface area (Å²) in [6.07, 6.45) is 8.09. The van der Waals surface area contributed by atoms with Gasteiger partial charge in [-0.1, -0.05) is 25.0 Å². The van der Waals surface area contributed by atoms with E-state index in [-0.39, 0.29) is 5.78 Å². The van der Waals surface area contributed by atoms with E-state index in [1.54, 1.807) is 0 Å². The van der Waals surface area contributed by atoms with Gasteiger partial charge >= 0.3 is 0 Å². The van der Waals surface area contributed by atoms with E-state index in [4.69, 9.17) is 0 Å². The van der Waals surface area contributed by atoms with Crippen molar-refractivity contribution in [1.82, 2.24) is 4.90 Å². The van der Waals surface area contributed by atoms with Gasteiger partial charge in [0.2, 0.25) is 0 Å². The predicted octanol–water partition coefficient (Wildman–Crippen LogP) is 4.13. The molecule has 1 aliphatic carbocycles. The zero-order chi connectivity index (χ0) is 13.9. The molecule has 1 aromatic carbocycles. The van der Waals surface area contributed by atoms with Gasteiger partial charge in [-0.15, -0.1) is 0 Å². The van der Waals surface area contributed by atoms with Gasteiger partial charge in [0.15, 0.2) is 5.78 Å². The highest BCUT2D eigenvalue weighted by atomic mass is 127. The molecular weight excluding hydrogens is 361 g/mol. The first-order valence-corrected chi connectivity index (χ1v) is 8.85. The number of ketones is 1. The van der Waals surface area contributed by atoms with E-state index < -0.39 is 0 Å². The second-order valence-corrected chi connectivity index (χ2v) is 7.40. The molecule has 0 amide bonds. The van der Waals surface area contributed by atoms with Crippen molar-refractivity contribution >= 4 is 28.4 Å². The summed E-state index contributed by atoms with van der Waals surface area (Å²) in [7, 11) is 0. The van der Waals surface area contributed by atoms with Crippen molar-refractivity contribution in [2.24, 2.45) is 5.92 Å². The summed E-state index contributed by atoms with van der Waals surface area (Å²) < 4.78 is 1.18. The number of likely N-dealkylation sites (tertiary alicyclic amines) is 1. The largest absolute Gasteiger partial charge is 0.293 e. The number of hydrogen-bond acceptors (Lipinski definition) is 2. The van der Waals surface area contributed by atoms with E-state index in [1.807, 2.05) is 24.3 Å². The lowest BCUT2D eigenvalue weighted by Gasteiger charge is -2.28. The molecule has 1 aromatic rings. The molecule has 0 aromatic heterocycles. The minimum atomic E-state index is 0.284. The van der Waals surface area contributed by atoms with Crippen molar-refractivity contribution in [1.29, 1.82) is 0 Å². The monoisotopic (exact) mass is 383 g/mol. The average molecular weight is 383 g/mol. The van der Waals surface area contributed by atoms with Crippen molar-refractivity contribution in [2.45, 2.75) is 44.6 Å². The summed E-state index contributed by atoms with van der Waals surface area (Å²) in [4.78, 5) is 14.9. The number of carbonyl (C=O) groups excluding carboxylic acids is 1. The summed E-state index contributed by atoms with van der Waals surface area (Å²) >= 11 is 2.28. The minimum absolute atomic E-state index is 0.284. The van der Waals surface area contributed by atoms with Crippen LogP contribution in [0.25, 0.3) is 0 Å². The maximum Gasteiger partial charge on any atom is 0.176 e. The maximum absolute atomic E-state index is 12.4. The third-order valence-electron chi connectivity index (χ3n) is 4.87. The Labute approximate surface area is 135 Å². The molecule has 2 aliphatic rings. The minimum Gasteiger partial charge on any atom is -0.293 e. The first kappa shape index (κ1) is 14.5. The zero-order valence-electron chi connectivity index (χ0n) is 11.9. The van der Waals surface area contributed by atoms with Crippen LogP contribution in [0, 0.1) is 9.49 Å². The molecular formula is C17H22INO. The second kappa shape index (κ2) is 6.56. The first-order valence-electron chi connectivity index (χ1n) is 7.77. The SMILES string of the molecule is O=C(CN1CCCC1C1CCCC1)c1ccc(I)cc1. The van der Waals surface area contributed by atoms with Crippen LogP contribution in [0.2, 0.25) is 0 Å². The topological polar surface area (TPSA) is 20.3 Å². The highest BCUT2D eigenvalue weighted by molar-refractivity contribution is 14.1. The van der Waals surface area contributed by atoms with E-state index in [0.29, 0.717) is 12.6 Å². The Hall–Kier alpha value is -0.420. The smallest absolute Gasteiger partial charge is 0.176 e. The Balaban J connectivity index is 1.63. The van der Waals surface area contributed by atoms with Crippen molar-refractivity contribution < 1.29 is 4.79 Å². The van der Waals surface area contributed by atoms with Gasteiger partial charge in [-0.05, 0) is 72.9 Å². The Morgan fingerprint density at radius 2 is 1.80 bits per heavy atom. The Kier molecular flexibility index (Phi) is 4.76. The van der Waals surface area contributed by atoms with Gasteiger partial charge in [0.1, 0.15) is 0 Å². The zero-order valence-corrected chi connectivity index (χ0v) is 14.0. The molecule has 0 spiro atoms. The summed E-state index contributed by atoms with van der Waals surface area (Å²) in [5.41, 5.74) is 0.863. The molecule has 1 unspecified atom stereocenters. The molecule has 2 fully saturated rings. The van der Waals surface area contributed by atoms with Gasteiger partial charge in [-0.2, -0.15) is 0 Å². The molecule has 1 saturated carbocycles. The fourth-order valence-electron chi connectivity index (χ4n) is 3.84. The summed E-state index contributed by atoms with van der Waals surface area (Å²) in [5, 5.41) is 0. The normalized spacial score (nSPS) is 24.4. The van der Waals surface area contributed by atoms with Crippen LogP contribution in [-0.2, 0) is 0 Å². The quantitative estimate of drug-likeness (QED) is 0.576. The molecule has 0 N–H and O–H groups in total. The van der Waals surface area contributed by atoms with Gasteiger partial charge in [0.25, 0.3) is 0 Å². The van der Waals surface area contributed by atoms with Crippen molar-refractivity contribution in [3.8, 4) is 0 Å². The van der Waals surface area contributed by atoms with Crippen molar-refractivity contribution in [3.63, 3.8) is 0 Å². The molecule has 1 atom stereocenters. The molecule has 20 heavy (non-hydrogen) atoms. The number of Topliss-reactive ketones (excluding diaryl/α,β-unsaturated/α-hetero) is 1. The average Bonchev–Trinajstić information content (AvgIpc) is 3.09. The third kappa shape index (κ3) is 3.25. The maximum atomic E-state index is 12.4. The van der Waals surface area contributed by atoms with Crippen LogP contribution < -0.4 is 0 Å². The molecule has 3 rings (SSSR count). The van der Waals surface area contributed by atoms with Gasteiger partial charge in [0, 0.05) is 15.2 Å². The molecule has 0 bridgehead atoms. The first-order chi connectivity index (χ1) is 9.74. The number of carbonyl (C=O) groups is 1. The van der Waals surface area contributed by atoms with E-state index in [0.717, 1.165) is 18.0 Å². The highest BCUT2D eigenvalue weighted by Gasteiger charge is 2.34. The summed E-state index contributed by atoms with van der Waals surface area (Å²) in [5.74, 6) is 1.13. The van der Waals surface area contributed by atoms with Gasteiger partial charge in [0.05, 0.1) is 6.54 Å². The van der Waals surface area contributed by atoms with Gasteiger partial charge in [-0.3, -0.25) is 9.69 Å². The lowest BCUT2D eigenvalue weighted by molar-refractivity contribution is 0.0896. The van der Waals surface area contributed by atoms with Crippen molar-refractivity contribution in [3.05, 3.63) is 33.4 Å². The Morgan fingerprint density at radius 3 is 2.50 bits per heavy atom. The third-order valence-corrected chi connectivity index (χ3v) is 5.59. The molecule has 1 saturated heterocycles. The van der Waals surface area contributed by atoms with Crippen LogP contribution in [0.1, 0.15) is 48.9 Å². The molecule has 108 valence electrons. The van der Waals surface area contributed by atoms with Gasteiger partial charge < -0.3 is 0 Å². The highest BCUT2D eigenvalue weighted by Crippen LogP contribution is 2.35. The summed E-state index contributed by atoms with van der Waals surface area (Å²) in [6, 6.07) is 8.64. The summed E-state index contributed by atoms with van der Waals surface area (Å²) in [6.45, 7) is 1.72. The van der Waals surface area contributed by atoms with E-state index in [1.165, 1.54) is 42.1 Å². The van der Waals surface area contributed by atoms with Crippen LogP contribution in [0.3, 0.4) is 0 Å². The van der Waals surface area contributed by atoms with Crippen LogP contribution >= 0.6 is 22.6 Å². The Morgan fingerprint density at radius 1 is 1.10 bits per heavy atom. The lowest BCUT2D eigenvalue weighted by Crippen LogP contribution is -2.38. The van der Waals surface area contributed by atoms with Crippen LogP contribution in [0.5, 0.6) is 0 Å². The van der Waals surface area contributed by atoms with Crippen LogP contribution in [0.4, 0.5) is 0 Å². The van der Waals surface area contributed by atoms with E-state index >= 15 is 0 Å². The second-order valence-electron chi connectivity index (χ2n) is 6.15. The van der Waals surface area contributed by atoms with E-state index in [2.05, 4.69) is 27.5 Å². The number of benzene rings is 1. The standard InChI is InChI=1S/C17H22INO/c18-15-9-7-14(8-10-15)17(20)12-19-11-3-6-16(19)13-4-1-2-5-13/h7-10,13,16H,1-6,11-12H2. The van der Waals surface area contributed by atoms with Crippen LogP contribution in [-0.4, -0.2) is 29.8 Å². The fourth-order valence-corrected chi connectivity index (χ4v) is 4.20. The fraction of sp³-hybridized carbons (Fsp3) is 0.588. The Bertz CT molecular complexity index is 464. The molecule has 2 nitrogen and oxygen atoms in total. The number of rotatable bonds is 4. The van der Waals surface area contributed by atoms with Crippen LogP contribution in [0.15, 0.2) is 24.3 Å². The van der Waals surface area contributed by atoms with E-state index in [9.17, 15) is 4.79 Å². The number of halogens is 1. The predicted molar refractivity (Wildman–Crippen MR) is 90.0 cm³/mol.